The minimum Gasteiger partial charge on any atom is -0.376 e. The predicted octanol–water partition coefficient (Wildman–Crippen LogP) is 3.96. The maximum Gasteiger partial charge on any atom is 0.251 e. The molecule has 0 spiro atoms. The SMILES string of the molecule is CCNC(=O)c1cccc(CN=C(NCC)NCC(C)COCc2ccccc2)c1.I. The van der Waals surface area contributed by atoms with Crippen molar-refractivity contribution in [2.45, 2.75) is 33.9 Å². The Labute approximate surface area is 203 Å². The molecule has 31 heavy (non-hydrogen) atoms. The van der Waals surface area contributed by atoms with Crippen molar-refractivity contribution in [1.29, 1.82) is 0 Å². The summed E-state index contributed by atoms with van der Waals surface area (Å²) >= 11 is 0. The van der Waals surface area contributed by atoms with Crippen molar-refractivity contribution >= 4 is 35.8 Å². The summed E-state index contributed by atoms with van der Waals surface area (Å²) in [7, 11) is 0. The van der Waals surface area contributed by atoms with Crippen LogP contribution in [0.3, 0.4) is 0 Å². The molecule has 170 valence electrons. The largest absolute Gasteiger partial charge is 0.376 e. The molecule has 0 radical (unpaired) electrons. The van der Waals surface area contributed by atoms with E-state index in [9.17, 15) is 4.79 Å². The van der Waals surface area contributed by atoms with E-state index in [1.807, 2.05) is 56.3 Å². The summed E-state index contributed by atoms with van der Waals surface area (Å²) in [4.78, 5) is 16.7. The first kappa shape index (κ1) is 26.9. The second-order valence-corrected chi connectivity index (χ2v) is 7.24. The van der Waals surface area contributed by atoms with Gasteiger partial charge in [-0.3, -0.25) is 4.79 Å². The molecule has 1 atom stereocenters. The Hall–Kier alpha value is -2.13. The van der Waals surface area contributed by atoms with Gasteiger partial charge in [0, 0.05) is 25.2 Å². The first-order chi connectivity index (χ1) is 14.6. The van der Waals surface area contributed by atoms with Crippen LogP contribution in [0, 0.1) is 5.92 Å². The number of halogens is 1. The molecule has 2 aromatic rings. The summed E-state index contributed by atoms with van der Waals surface area (Å²) < 4.78 is 5.82. The normalized spacial score (nSPS) is 11.9. The Morgan fingerprint density at radius 2 is 1.68 bits per heavy atom. The van der Waals surface area contributed by atoms with E-state index in [2.05, 4.69) is 40.0 Å². The molecule has 0 saturated heterocycles. The lowest BCUT2D eigenvalue weighted by atomic mass is 10.1. The molecule has 0 aliphatic heterocycles. The van der Waals surface area contributed by atoms with E-state index >= 15 is 0 Å². The molecule has 2 aromatic carbocycles. The van der Waals surface area contributed by atoms with Gasteiger partial charge < -0.3 is 20.7 Å². The molecular formula is C24H35IN4O2. The van der Waals surface area contributed by atoms with Crippen molar-refractivity contribution in [2.75, 3.05) is 26.2 Å². The maximum atomic E-state index is 12.0. The number of hydrogen-bond donors (Lipinski definition) is 3. The van der Waals surface area contributed by atoms with Crippen LogP contribution >= 0.6 is 24.0 Å². The van der Waals surface area contributed by atoms with Crippen molar-refractivity contribution in [3.05, 3.63) is 71.3 Å². The van der Waals surface area contributed by atoms with Crippen molar-refractivity contribution in [3.8, 4) is 0 Å². The van der Waals surface area contributed by atoms with Crippen molar-refractivity contribution < 1.29 is 9.53 Å². The van der Waals surface area contributed by atoms with Crippen LogP contribution in [0.4, 0.5) is 0 Å². The Bertz CT molecular complexity index is 799. The molecule has 1 amide bonds. The van der Waals surface area contributed by atoms with Crippen LogP contribution in [-0.4, -0.2) is 38.1 Å². The average molecular weight is 538 g/mol. The summed E-state index contributed by atoms with van der Waals surface area (Å²) in [6.07, 6.45) is 0. The predicted molar refractivity (Wildman–Crippen MR) is 138 cm³/mol. The van der Waals surface area contributed by atoms with E-state index in [1.54, 1.807) is 0 Å². The Morgan fingerprint density at radius 1 is 0.968 bits per heavy atom. The van der Waals surface area contributed by atoms with Gasteiger partial charge in [-0.25, -0.2) is 4.99 Å². The van der Waals surface area contributed by atoms with E-state index in [4.69, 9.17) is 4.74 Å². The molecule has 3 N–H and O–H groups in total. The standard InChI is InChI=1S/C24H34N4O2.HI/c1-4-25-23(29)22-13-9-12-21(14-22)16-28-24(26-5-2)27-15-19(3)17-30-18-20-10-7-6-8-11-20;/h6-14,19H,4-5,15-18H2,1-3H3,(H,25,29)(H2,26,27,28);1H. The third kappa shape index (κ3) is 10.6. The Morgan fingerprint density at radius 3 is 2.39 bits per heavy atom. The number of nitrogens with one attached hydrogen (secondary N) is 3. The van der Waals surface area contributed by atoms with Crippen LogP contribution in [0.15, 0.2) is 59.6 Å². The van der Waals surface area contributed by atoms with E-state index in [-0.39, 0.29) is 29.9 Å². The van der Waals surface area contributed by atoms with Crippen LogP contribution < -0.4 is 16.0 Å². The summed E-state index contributed by atoms with van der Waals surface area (Å²) in [6.45, 7) is 10.1. The van der Waals surface area contributed by atoms with Gasteiger partial charge in [0.25, 0.3) is 5.91 Å². The summed E-state index contributed by atoms with van der Waals surface area (Å²) in [5, 5.41) is 9.47. The van der Waals surface area contributed by atoms with Gasteiger partial charge in [0.05, 0.1) is 19.8 Å². The molecule has 0 aliphatic carbocycles. The molecule has 0 fully saturated rings. The zero-order valence-electron chi connectivity index (χ0n) is 18.7. The van der Waals surface area contributed by atoms with E-state index in [1.165, 1.54) is 5.56 Å². The summed E-state index contributed by atoms with van der Waals surface area (Å²) in [5.41, 5.74) is 2.84. The third-order valence-corrected chi connectivity index (χ3v) is 4.42. The third-order valence-electron chi connectivity index (χ3n) is 4.42. The summed E-state index contributed by atoms with van der Waals surface area (Å²) in [6, 6.07) is 17.8. The van der Waals surface area contributed by atoms with E-state index in [0.717, 1.165) is 24.6 Å². The molecule has 1 unspecified atom stereocenters. The minimum atomic E-state index is -0.0577. The quantitative estimate of drug-likeness (QED) is 0.230. The van der Waals surface area contributed by atoms with Gasteiger partial charge in [0.15, 0.2) is 5.96 Å². The second kappa shape index (κ2) is 15.6. The van der Waals surface area contributed by atoms with E-state index < -0.39 is 0 Å². The fourth-order valence-electron chi connectivity index (χ4n) is 2.87. The molecule has 0 aromatic heterocycles. The number of carbonyl (C=O) groups excluding carboxylic acids is 1. The summed E-state index contributed by atoms with van der Waals surface area (Å²) in [5.74, 6) is 1.05. The molecule has 7 heteroatoms. The monoisotopic (exact) mass is 538 g/mol. The minimum absolute atomic E-state index is 0. The van der Waals surface area contributed by atoms with Crippen molar-refractivity contribution in [3.63, 3.8) is 0 Å². The molecule has 0 heterocycles. The number of ether oxygens (including phenoxy) is 1. The molecule has 6 nitrogen and oxygen atoms in total. The van der Waals surface area contributed by atoms with Gasteiger partial charge in [-0.05, 0) is 43.0 Å². The zero-order chi connectivity index (χ0) is 21.6. The maximum absolute atomic E-state index is 12.0. The van der Waals surface area contributed by atoms with Gasteiger partial charge in [0.1, 0.15) is 0 Å². The fraction of sp³-hybridized carbons (Fsp3) is 0.417. The van der Waals surface area contributed by atoms with Crippen LogP contribution in [0.2, 0.25) is 0 Å². The van der Waals surface area contributed by atoms with E-state index in [0.29, 0.717) is 37.8 Å². The first-order valence-corrected chi connectivity index (χ1v) is 10.6. The van der Waals surface area contributed by atoms with Crippen LogP contribution in [-0.2, 0) is 17.9 Å². The highest BCUT2D eigenvalue weighted by Gasteiger charge is 2.07. The number of hydrogen-bond acceptors (Lipinski definition) is 3. The van der Waals surface area contributed by atoms with Gasteiger partial charge in [-0.2, -0.15) is 0 Å². The topological polar surface area (TPSA) is 74.8 Å². The lowest BCUT2D eigenvalue weighted by Gasteiger charge is -2.16. The van der Waals surface area contributed by atoms with Gasteiger partial charge in [-0.15, -0.1) is 24.0 Å². The molecule has 0 bridgehead atoms. The van der Waals surface area contributed by atoms with Crippen LogP contribution in [0.5, 0.6) is 0 Å². The zero-order valence-corrected chi connectivity index (χ0v) is 21.0. The molecule has 0 saturated carbocycles. The molecule has 0 aliphatic rings. The van der Waals surface area contributed by atoms with Crippen LogP contribution in [0.25, 0.3) is 0 Å². The number of guanidine groups is 1. The number of nitrogens with zero attached hydrogens (tertiary/aromatic N) is 1. The number of aliphatic imine (C=N–C) groups is 1. The van der Waals surface area contributed by atoms with Gasteiger partial charge in [-0.1, -0.05) is 49.4 Å². The van der Waals surface area contributed by atoms with Gasteiger partial charge in [0.2, 0.25) is 0 Å². The lowest BCUT2D eigenvalue weighted by Crippen LogP contribution is -2.40. The molecular weight excluding hydrogens is 503 g/mol. The number of benzene rings is 2. The first-order valence-electron chi connectivity index (χ1n) is 10.6. The lowest BCUT2D eigenvalue weighted by molar-refractivity contribution is 0.0931. The number of rotatable bonds is 11. The Kier molecular flexibility index (Phi) is 13.6. The highest BCUT2D eigenvalue weighted by atomic mass is 127. The Balaban J connectivity index is 0.00000480. The van der Waals surface area contributed by atoms with Gasteiger partial charge >= 0.3 is 0 Å². The highest BCUT2D eigenvalue weighted by molar-refractivity contribution is 14.0. The number of carbonyl (C=O) groups is 1. The highest BCUT2D eigenvalue weighted by Crippen LogP contribution is 2.07. The van der Waals surface area contributed by atoms with Crippen molar-refractivity contribution in [2.24, 2.45) is 10.9 Å². The smallest absolute Gasteiger partial charge is 0.251 e. The van der Waals surface area contributed by atoms with Crippen LogP contribution in [0.1, 0.15) is 42.3 Å². The second-order valence-electron chi connectivity index (χ2n) is 7.24. The molecule has 2 rings (SSSR count). The fourth-order valence-corrected chi connectivity index (χ4v) is 2.87. The number of amides is 1. The average Bonchev–Trinajstić information content (AvgIpc) is 2.77. The van der Waals surface area contributed by atoms with Crippen molar-refractivity contribution in [1.82, 2.24) is 16.0 Å².